The summed E-state index contributed by atoms with van der Waals surface area (Å²) in [6, 6.07) is 5.99. The molecular weight excluding hydrogens is 270 g/mol. The SMILES string of the molecule is COc1cc(CN(CCCO)C(C)C)ccc1/C(N)=N/O. The van der Waals surface area contributed by atoms with E-state index < -0.39 is 0 Å². The van der Waals surface area contributed by atoms with Crippen molar-refractivity contribution in [1.29, 1.82) is 0 Å². The monoisotopic (exact) mass is 295 g/mol. The molecule has 0 saturated carbocycles. The van der Waals surface area contributed by atoms with E-state index in [9.17, 15) is 0 Å². The van der Waals surface area contributed by atoms with Gasteiger partial charge in [-0.25, -0.2) is 0 Å². The van der Waals surface area contributed by atoms with Gasteiger partial charge in [-0.2, -0.15) is 0 Å². The number of aliphatic hydroxyl groups is 1. The fraction of sp³-hybridized carbons (Fsp3) is 0.533. The number of rotatable bonds is 8. The number of ether oxygens (including phenoxy) is 1. The number of amidine groups is 1. The fourth-order valence-corrected chi connectivity index (χ4v) is 2.13. The van der Waals surface area contributed by atoms with E-state index in [-0.39, 0.29) is 12.4 Å². The van der Waals surface area contributed by atoms with Gasteiger partial charge in [-0.05, 0) is 38.0 Å². The molecule has 0 heterocycles. The lowest BCUT2D eigenvalue weighted by atomic mass is 10.1. The van der Waals surface area contributed by atoms with E-state index in [2.05, 4.69) is 23.9 Å². The minimum absolute atomic E-state index is 0.0272. The van der Waals surface area contributed by atoms with Gasteiger partial charge in [0.25, 0.3) is 0 Å². The third kappa shape index (κ3) is 4.91. The molecule has 1 aromatic carbocycles. The van der Waals surface area contributed by atoms with Crippen molar-refractivity contribution in [3.05, 3.63) is 29.3 Å². The lowest BCUT2D eigenvalue weighted by Gasteiger charge is -2.26. The summed E-state index contributed by atoms with van der Waals surface area (Å²) in [4.78, 5) is 2.27. The maximum atomic E-state index is 8.97. The van der Waals surface area contributed by atoms with Crippen LogP contribution in [-0.4, -0.2) is 47.4 Å². The second-order valence-electron chi connectivity index (χ2n) is 5.16. The summed E-state index contributed by atoms with van der Waals surface area (Å²) >= 11 is 0. The van der Waals surface area contributed by atoms with Gasteiger partial charge in [-0.15, -0.1) is 0 Å². The molecule has 118 valence electrons. The lowest BCUT2D eigenvalue weighted by Crippen LogP contribution is -2.31. The maximum Gasteiger partial charge on any atom is 0.173 e. The molecule has 0 aliphatic carbocycles. The van der Waals surface area contributed by atoms with Crippen molar-refractivity contribution in [2.45, 2.75) is 32.9 Å². The van der Waals surface area contributed by atoms with Crippen molar-refractivity contribution in [2.24, 2.45) is 10.9 Å². The van der Waals surface area contributed by atoms with Crippen LogP contribution in [0.2, 0.25) is 0 Å². The summed E-state index contributed by atoms with van der Waals surface area (Å²) < 4.78 is 5.30. The number of methoxy groups -OCH3 is 1. The average molecular weight is 295 g/mol. The van der Waals surface area contributed by atoms with Gasteiger partial charge in [0.05, 0.1) is 12.7 Å². The molecule has 21 heavy (non-hydrogen) atoms. The van der Waals surface area contributed by atoms with Crippen molar-refractivity contribution in [3.8, 4) is 5.75 Å². The molecule has 6 heteroatoms. The number of benzene rings is 1. The number of hydrogen-bond acceptors (Lipinski definition) is 5. The molecule has 1 aromatic rings. The molecule has 0 atom stereocenters. The summed E-state index contributed by atoms with van der Waals surface area (Å²) in [5.41, 5.74) is 7.26. The first kappa shape index (κ1) is 17.3. The predicted molar refractivity (Wildman–Crippen MR) is 82.8 cm³/mol. The van der Waals surface area contributed by atoms with Gasteiger partial charge in [0.15, 0.2) is 5.84 Å². The van der Waals surface area contributed by atoms with Crippen LogP contribution in [0.5, 0.6) is 5.75 Å². The largest absolute Gasteiger partial charge is 0.496 e. The van der Waals surface area contributed by atoms with Crippen LogP contribution in [0, 0.1) is 0 Å². The molecular formula is C15H25N3O3. The Balaban J connectivity index is 2.93. The molecule has 1 rings (SSSR count). The Morgan fingerprint density at radius 2 is 2.14 bits per heavy atom. The van der Waals surface area contributed by atoms with Gasteiger partial charge < -0.3 is 20.8 Å². The van der Waals surface area contributed by atoms with Gasteiger partial charge in [0.2, 0.25) is 0 Å². The third-order valence-electron chi connectivity index (χ3n) is 3.37. The second-order valence-corrected chi connectivity index (χ2v) is 5.16. The first-order chi connectivity index (χ1) is 10.0. The van der Waals surface area contributed by atoms with Crippen molar-refractivity contribution in [3.63, 3.8) is 0 Å². The highest BCUT2D eigenvalue weighted by Crippen LogP contribution is 2.21. The Morgan fingerprint density at radius 3 is 2.67 bits per heavy atom. The number of nitrogens with two attached hydrogens (primary N) is 1. The van der Waals surface area contributed by atoms with E-state index in [0.717, 1.165) is 25.1 Å². The van der Waals surface area contributed by atoms with E-state index in [1.54, 1.807) is 13.2 Å². The van der Waals surface area contributed by atoms with Crippen LogP contribution in [0.15, 0.2) is 23.4 Å². The molecule has 0 aliphatic heterocycles. The topological polar surface area (TPSA) is 91.3 Å². The van der Waals surface area contributed by atoms with Gasteiger partial charge in [-0.3, -0.25) is 4.90 Å². The molecule has 0 saturated heterocycles. The Bertz CT molecular complexity index is 475. The van der Waals surface area contributed by atoms with Gasteiger partial charge in [-0.1, -0.05) is 11.2 Å². The third-order valence-corrected chi connectivity index (χ3v) is 3.37. The molecule has 4 N–H and O–H groups in total. The number of nitrogens with zero attached hydrogens (tertiary/aromatic N) is 2. The molecule has 0 bridgehead atoms. The summed E-state index contributed by atoms with van der Waals surface area (Å²) in [6.45, 7) is 6.02. The van der Waals surface area contributed by atoms with Crippen molar-refractivity contribution >= 4 is 5.84 Å². The Morgan fingerprint density at radius 1 is 1.43 bits per heavy atom. The molecule has 0 fully saturated rings. The first-order valence-corrected chi connectivity index (χ1v) is 7.03. The van der Waals surface area contributed by atoms with E-state index in [1.165, 1.54) is 0 Å². The molecule has 6 nitrogen and oxygen atoms in total. The Kier molecular flexibility index (Phi) is 6.98. The summed E-state index contributed by atoms with van der Waals surface area (Å²) in [5, 5.41) is 20.7. The van der Waals surface area contributed by atoms with Crippen LogP contribution in [0.1, 0.15) is 31.4 Å². The molecule has 0 aromatic heterocycles. The highest BCUT2D eigenvalue weighted by Gasteiger charge is 2.13. The zero-order chi connectivity index (χ0) is 15.8. The molecule has 0 spiro atoms. The smallest absolute Gasteiger partial charge is 0.173 e. The Labute approximate surface area is 125 Å². The zero-order valence-corrected chi connectivity index (χ0v) is 12.9. The van der Waals surface area contributed by atoms with Crippen LogP contribution in [0.4, 0.5) is 0 Å². The van der Waals surface area contributed by atoms with Crippen LogP contribution in [-0.2, 0) is 6.54 Å². The molecule has 0 aliphatic rings. The summed E-state index contributed by atoms with van der Waals surface area (Å²) in [6.07, 6.45) is 0.748. The molecule has 0 unspecified atom stereocenters. The highest BCUT2D eigenvalue weighted by atomic mass is 16.5. The predicted octanol–water partition coefficient (Wildman–Crippen LogP) is 1.38. The van der Waals surface area contributed by atoms with Gasteiger partial charge in [0.1, 0.15) is 5.75 Å². The lowest BCUT2D eigenvalue weighted by molar-refractivity contribution is 0.184. The van der Waals surface area contributed by atoms with Crippen molar-refractivity contribution < 1.29 is 15.1 Å². The minimum atomic E-state index is 0.0272. The van der Waals surface area contributed by atoms with E-state index in [4.69, 9.17) is 20.8 Å². The number of aliphatic hydroxyl groups excluding tert-OH is 1. The zero-order valence-electron chi connectivity index (χ0n) is 12.9. The molecule has 0 radical (unpaired) electrons. The van der Waals surface area contributed by atoms with E-state index in [0.29, 0.717) is 17.4 Å². The van der Waals surface area contributed by atoms with Gasteiger partial charge in [0, 0.05) is 25.7 Å². The fourth-order valence-electron chi connectivity index (χ4n) is 2.13. The van der Waals surface area contributed by atoms with Crippen LogP contribution >= 0.6 is 0 Å². The number of oxime groups is 1. The van der Waals surface area contributed by atoms with Crippen LogP contribution < -0.4 is 10.5 Å². The van der Waals surface area contributed by atoms with Crippen molar-refractivity contribution in [2.75, 3.05) is 20.3 Å². The quantitative estimate of drug-likeness (QED) is 0.292. The van der Waals surface area contributed by atoms with Crippen LogP contribution in [0.3, 0.4) is 0 Å². The number of hydrogen-bond donors (Lipinski definition) is 3. The van der Waals surface area contributed by atoms with Crippen LogP contribution in [0.25, 0.3) is 0 Å². The highest BCUT2D eigenvalue weighted by molar-refractivity contribution is 5.99. The second kappa shape index (κ2) is 8.49. The Hall–Kier alpha value is -1.79. The van der Waals surface area contributed by atoms with E-state index in [1.807, 2.05) is 12.1 Å². The normalized spacial score (nSPS) is 12.2. The standard InChI is InChI=1S/C15H25N3O3/c1-11(2)18(7-4-8-19)10-12-5-6-13(15(16)17-20)14(9-12)21-3/h5-6,9,11,19-20H,4,7-8,10H2,1-3H3,(H2,16,17). The minimum Gasteiger partial charge on any atom is -0.496 e. The van der Waals surface area contributed by atoms with Gasteiger partial charge >= 0.3 is 0 Å². The maximum absolute atomic E-state index is 8.97. The molecule has 0 amide bonds. The van der Waals surface area contributed by atoms with Crippen molar-refractivity contribution in [1.82, 2.24) is 4.90 Å². The van der Waals surface area contributed by atoms with E-state index >= 15 is 0 Å². The summed E-state index contributed by atoms with van der Waals surface area (Å²) in [5.74, 6) is 0.605. The summed E-state index contributed by atoms with van der Waals surface area (Å²) in [7, 11) is 1.55. The average Bonchev–Trinajstić information content (AvgIpc) is 2.50. The first-order valence-electron chi connectivity index (χ1n) is 7.03.